The molecule has 24 heavy (non-hydrogen) atoms. The maximum atomic E-state index is 13.8. The highest BCUT2D eigenvalue weighted by atomic mass is 19.1. The summed E-state index contributed by atoms with van der Waals surface area (Å²) in [7, 11) is 1.46. The summed E-state index contributed by atoms with van der Waals surface area (Å²) in [6.45, 7) is 6.98. The fourth-order valence-electron chi connectivity index (χ4n) is 3.60. The molecule has 1 aromatic rings. The maximum Gasteiger partial charge on any atom is 0.227 e. The molecule has 132 valence electrons. The minimum Gasteiger partial charge on any atom is -0.494 e. The van der Waals surface area contributed by atoms with Crippen LogP contribution >= 0.6 is 0 Å². The van der Waals surface area contributed by atoms with E-state index >= 15 is 0 Å². The van der Waals surface area contributed by atoms with Crippen molar-refractivity contribution in [1.82, 2.24) is 9.80 Å². The molecule has 2 atom stereocenters. The monoisotopic (exact) mass is 336 g/mol. The lowest BCUT2D eigenvalue weighted by molar-refractivity contribution is -0.140. The zero-order valence-electron chi connectivity index (χ0n) is 14.3. The second kappa shape index (κ2) is 7.49. The molecule has 5 nitrogen and oxygen atoms in total. The van der Waals surface area contributed by atoms with Gasteiger partial charge in [-0.15, -0.1) is 0 Å². The number of nitrogens with zero attached hydrogens (tertiary/aromatic N) is 2. The molecule has 0 radical (unpaired) electrons. The minimum absolute atomic E-state index is 0.0196. The van der Waals surface area contributed by atoms with Crippen LogP contribution in [0.5, 0.6) is 5.75 Å². The third-order valence-electron chi connectivity index (χ3n) is 4.95. The van der Waals surface area contributed by atoms with Gasteiger partial charge >= 0.3 is 0 Å². The molecule has 1 aromatic carbocycles. The summed E-state index contributed by atoms with van der Waals surface area (Å²) in [6.07, 6.45) is 0. The van der Waals surface area contributed by atoms with Gasteiger partial charge in [0.2, 0.25) is 5.91 Å². The van der Waals surface area contributed by atoms with Gasteiger partial charge in [0.05, 0.1) is 26.2 Å². The van der Waals surface area contributed by atoms with E-state index < -0.39 is 0 Å². The number of morpholine rings is 1. The van der Waals surface area contributed by atoms with E-state index in [1.165, 1.54) is 13.2 Å². The normalized spacial score (nSPS) is 25.0. The third-order valence-corrected chi connectivity index (χ3v) is 4.95. The molecule has 2 aliphatic rings. The highest BCUT2D eigenvalue weighted by Crippen LogP contribution is 2.27. The van der Waals surface area contributed by atoms with Gasteiger partial charge in [-0.25, -0.2) is 4.39 Å². The quantitative estimate of drug-likeness (QED) is 0.840. The predicted octanol–water partition coefficient (Wildman–Crippen LogP) is 1.76. The van der Waals surface area contributed by atoms with Gasteiger partial charge in [0, 0.05) is 32.7 Å². The third kappa shape index (κ3) is 3.70. The lowest BCUT2D eigenvalue weighted by atomic mass is 9.96. The highest BCUT2D eigenvalue weighted by Gasteiger charge is 2.37. The van der Waals surface area contributed by atoms with Gasteiger partial charge in [0.15, 0.2) is 11.6 Å². The Morgan fingerprint density at radius 2 is 2.08 bits per heavy atom. The van der Waals surface area contributed by atoms with E-state index in [0.717, 1.165) is 18.7 Å². The fraction of sp³-hybridized carbons (Fsp3) is 0.611. The van der Waals surface area contributed by atoms with Crippen molar-refractivity contribution in [3.63, 3.8) is 0 Å². The van der Waals surface area contributed by atoms with Gasteiger partial charge in [-0.2, -0.15) is 0 Å². The van der Waals surface area contributed by atoms with Gasteiger partial charge in [-0.1, -0.05) is 13.0 Å². The highest BCUT2D eigenvalue weighted by molar-refractivity contribution is 5.79. The summed E-state index contributed by atoms with van der Waals surface area (Å²) in [5.41, 5.74) is 0.903. The van der Waals surface area contributed by atoms with Crippen LogP contribution in [-0.4, -0.2) is 62.2 Å². The van der Waals surface area contributed by atoms with E-state index in [9.17, 15) is 9.18 Å². The minimum atomic E-state index is -0.344. The molecule has 3 rings (SSSR count). The van der Waals surface area contributed by atoms with E-state index in [0.29, 0.717) is 38.8 Å². The van der Waals surface area contributed by atoms with Crippen LogP contribution in [0.2, 0.25) is 0 Å². The number of amides is 1. The molecule has 0 N–H and O–H groups in total. The molecule has 2 aliphatic heterocycles. The van der Waals surface area contributed by atoms with Gasteiger partial charge < -0.3 is 14.4 Å². The van der Waals surface area contributed by atoms with Crippen molar-refractivity contribution < 1.29 is 18.7 Å². The Hall–Kier alpha value is -1.66. The molecule has 0 aromatic heterocycles. The van der Waals surface area contributed by atoms with Gasteiger partial charge in [0.1, 0.15) is 0 Å². The van der Waals surface area contributed by atoms with Crippen LogP contribution in [0, 0.1) is 17.7 Å². The van der Waals surface area contributed by atoms with Crippen molar-refractivity contribution in [3.05, 3.63) is 29.6 Å². The van der Waals surface area contributed by atoms with Crippen molar-refractivity contribution >= 4 is 5.91 Å². The number of ether oxygens (including phenoxy) is 2. The van der Waals surface area contributed by atoms with Crippen LogP contribution < -0.4 is 4.74 Å². The first kappa shape index (κ1) is 17.2. The van der Waals surface area contributed by atoms with Crippen molar-refractivity contribution in [2.24, 2.45) is 11.8 Å². The number of carbonyl (C=O) groups excluding carboxylic acids is 1. The van der Waals surface area contributed by atoms with Crippen LogP contribution in [0.4, 0.5) is 4.39 Å². The first-order chi connectivity index (χ1) is 11.6. The number of carbonyl (C=O) groups is 1. The molecule has 6 heteroatoms. The lowest BCUT2D eigenvalue weighted by Gasteiger charge is -2.30. The summed E-state index contributed by atoms with van der Waals surface area (Å²) < 4.78 is 24.1. The molecule has 1 amide bonds. The van der Waals surface area contributed by atoms with E-state index in [-0.39, 0.29) is 23.4 Å². The molecule has 0 aliphatic carbocycles. The number of methoxy groups -OCH3 is 1. The summed E-state index contributed by atoms with van der Waals surface area (Å²) >= 11 is 0. The molecule has 2 saturated heterocycles. The number of halogens is 1. The Morgan fingerprint density at radius 3 is 2.75 bits per heavy atom. The Balaban J connectivity index is 1.61. The Bertz CT molecular complexity index is 590. The summed E-state index contributed by atoms with van der Waals surface area (Å²) in [6, 6.07) is 5.05. The van der Waals surface area contributed by atoms with E-state index in [1.807, 2.05) is 11.0 Å². The van der Waals surface area contributed by atoms with Crippen LogP contribution in [0.3, 0.4) is 0 Å². The van der Waals surface area contributed by atoms with Gasteiger partial charge in [-0.05, 0) is 23.6 Å². The molecular weight excluding hydrogens is 311 g/mol. The number of hydrogen-bond donors (Lipinski definition) is 0. The first-order valence-corrected chi connectivity index (χ1v) is 8.50. The Kier molecular flexibility index (Phi) is 5.36. The smallest absolute Gasteiger partial charge is 0.227 e. The van der Waals surface area contributed by atoms with Gasteiger partial charge in [-0.3, -0.25) is 9.69 Å². The Morgan fingerprint density at radius 1 is 1.33 bits per heavy atom. The fourth-order valence-corrected chi connectivity index (χ4v) is 3.60. The number of likely N-dealkylation sites (tertiary alicyclic amines) is 1. The summed E-state index contributed by atoms with van der Waals surface area (Å²) in [5.74, 6) is 0.473. The lowest BCUT2D eigenvalue weighted by Crippen LogP contribution is -2.45. The SMILES string of the molecule is COc1ccc(CN2C[C@@H](C)[C@H](C(=O)N3CCOCC3)C2)cc1F. The maximum absolute atomic E-state index is 13.8. The number of rotatable bonds is 4. The summed E-state index contributed by atoms with van der Waals surface area (Å²) in [5, 5.41) is 0. The van der Waals surface area contributed by atoms with Gasteiger partial charge in [0.25, 0.3) is 0 Å². The van der Waals surface area contributed by atoms with Crippen LogP contribution in [0.25, 0.3) is 0 Å². The zero-order chi connectivity index (χ0) is 17.1. The number of hydrogen-bond acceptors (Lipinski definition) is 4. The van der Waals surface area contributed by atoms with Crippen LogP contribution in [0.1, 0.15) is 12.5 Å². The predicted molar refractivity (Wildman–Crippen MR) is 88.3 cm³/mol. The van der Waals surface area contributed by atoms with Crippen molar-refractivity contribution in [2.75, 3.05) is 46.5 Å². The van der Waals surface area contributed by atoms with E-state index in [1.54, 1.807) is 6.07 Å². The standard InChI is InChI=1S/C18H25FN2O3/c1-13-10-20(11-14-3-4-17(23-2)16(19)9-14)12-15(13)18(22)21-5-7-24-8-6-21/h3-4,9,13,15H,5-8,10-12H2,1-2H3/t13-,15-/m1/s1. The van der Waals surface area contributed by atoms with E-state index in [2.05, 4.69) is 11.8 Å². The van der Waals surface area contributed by atoms with Crippen molar-refractivity contribution in [3.8, 4) is 5.75 Å². The van der Waals surface area contributed by atoms with Crippen LogP contribution in [0.15, 0.2) is 18.2 Å². The second-order valence-electron chi connectivity index (χ2n) is 6.68. The molecule has 2 fully saturated rings. The average Bonchev–Trinajstić information content (AvgIpc) is 2.95. The topological polar surface area (TPSA) is 42.0 Å². The molecule has 0 bridgehead atoms. The Labute approximate surface area is 142 Å². The second-order valence-corrected chi connectivity index (χ2v) is 6.68. The molecule has 0 saturated carbocycles. The summed E-state index contributed by atoms with van der Waals surface area (Å²) in [4.78, 5) is 16.9. The van der Waals surface area contributed by atoms with Crippen molar-refractivity contribution in [1.29, 1.82) is 0 Å². The molecular formula is C18H25FN2O3. The average molecular weight is 336 g/mol. The van der Waals surface area contributed by atoms with Crippen LogP contribution in [-0.2, 0) is 16.1 Å². The molecule has 2 heterocycles. The molecule has 0 spiro atoms. The van der Waals surface area contributed by atoms with Crippen molar-refractivity contribution in [2.45, 2.75) is 13.5 Å². The number of benzene rings is 1. The first-order valence-electron chi connectivity index (χ1n) is 8.50. The molecule has 0 unspecified atom stereocenters. The zero-order valence-corrected chi connectivity index (χ0v) is 14.3. The van der Waals surface area contributed by atoms with E-state index in [4.69, 9.17) is 9.47 Å². The largest absolute Gasteiger partial charge is 0.494 e.